The number of aromatic nitrogens is 4. The van der Waals surface area contributed by atoms with Gasteiger partial charge in [0, 0.05) is 13.0 Å². The first-order valence-corrected chi connectivity index (χ1v) is 14.3. The highest BCUT2D eigenvalue weighted by atomic mass is 35.5. The Kier molecular flexibility index (Phi) is 7.61. The van der Waals surface area contributed by atoms with Crippen molar-refractivity contribution >= 4 is 43.8 Å². The molecule has 3 heterocycles. The summed E-state index contributed by atoms with van der Waals surface area (Å²) in [7, 11) is -9.36. The largest absolute Gasteiger partial charge is 0.364 e. The highest BCUT2D eigenvalue weighted by molar-refractivity contribution is 7.70. The molecule has 0 radical (unpaired) electrons. The van der Waals surface area contributed by atoms with E-state index in [0.717, 1.165) is 11.1 Å². The Morgan fingerprint density at radius 3 is 2.80 bits per heavy atom. The lowest BCUT2D eigenvalue weighted by Crippen LogP contribution is -2.17. The third-order valence-corrected chi connectivity index (χ3v) is 8.79. The number of aryl methyl sites for hydroxylation is 1. The summed E-state index contributed by atoms with van der Waals surface area (Å²) < 4.78 is 49.4. The molecule has 1 unspecified atom stereocenters. The van der Waals surface area contributed by atoms with Crippen LogP contribution in [0.3, 0.4) is 0 Å². The zero-order valence-corrected chi connectivity index (χ0v) is 20.9. The molecule has 0 aliphatic carbocycles. The molecule has 4 atom stereocenters. The third kappa shape index (κ3) is 6.63. The minimum Gasteiger partial charge on any atom is -0.364 e. The Bertz CT molecular complexity index is 1320. The molecule has 16 heteroatoms. The van der Waals surface area contributed by atoms with E-state index in [1.807, 2.05) is 31.2 Å². The Labute approximate surface area is 204 Å². The van der Waals surface area contributed by atoms with Crippen LogP contribution in [-0.2, 0) is 24.9 Å². The van der Waals surface area contributed by atoms with Gasteiger partial charge in [0.15, 0.2) is 29.1 Å². The van der Waals surface area contributed by atoms with Gasteiger partial charge < -0.3 is 29.3 Å². The normalized spacial score (nSPS) is 22.4. The van der Waals surface area contributed by atoms with Crippen LogP contribution in [0.2, 0.25) is 5.28 Å². The topological polar surface area (TPSA) is 169 Å². The van der Waals surface area contributed by atoms with Gasteiger partial charge in [-0.15, -0.1) is 0 Å². The fourth-order valence-electron chi connectivity index (χ4n) is 3.73. The van der Waals surface area contributed by atoms with Crippen LogP contribution in [0.5, 0.6) is 0 Å². The van der Waals surface area contributed by atoms with Crippen molar-refractivity contribution in [1.29, 1.82) is 0 Å². The van der Waals surface area contributed by atoms with E-state index in [9.17, 15) is 18.4 Å². The number of nitrogens with zero attached hydrogens (tertiary/aromatic N) is 4. The monoisotopic (exact) mass is 549 g/mol. The zero-order valence-electron chi connectivity index (χ0n) is 18.4. The molecule has 1 fully saturated rings. The van der Waals surface area contributed by atoms with Crippen LogP contribution < -0.4 is 5.32 Å². The number of nitrogens with one attached hydrogen (secondary N) is 1. The minimum atomic E-state index is -4.78. The van der Waals surface area contributed by atoms with Gasteiger partial charge in [0.25, 0.3) is 0 Å². The highest BCUT2D eigenvalue weighted by Crippen LogP contribution is 2.55. The van der Waals surface area contributed by atoms with Gasteiger partial charge in [0.05, 0.1) is 19.0 Å². The SMILES string of the molecule is Cc1cccc(CNc2nc(Cl)nc3c2ncn3[C@@H]2O[C@H](COP(=O)(O)CP(=O)(O)O)C[C@@H]2F)c1. The zero-order chi connectivity index (χ0) is 25.4. The van der Waals surface area contributed by atoms with Crippen molar-refractivity contribution in [2.45, 2.75) is 38.4 Å². The highest BCUT2D eigenvalue weighted by Gasteiger charge is 2.40. The number of hydrogen-bond acceptors (Lipinski definition) is 8. The quantitative estimate of drug-likeness (QED) is 0.228. The molecule has 0 spiro atoms. The second kappa shape index (κ2) is 10.2. The molecule has 2 aromatic heterocycles. The maximum atomic E-state index is 14.9. The van der Waals surface area contributed by atoms with Gasteiger partial charge in [-0.3, -0.25) is 13.7 Å². The molecule has 35 heavy (non-hydrogen) atoms. The average Bonchev–Trinajstić information content (AvgIpc) is 3.32. The molecule has 4 rings (SSSR count). The summed E-state index contributed by atoms with van der Waals surface area (Å²) in [6, 6.07) is 7.88. The van der Waals surface area contributed by atoms with Gasteiger partial charge in [-0.05, 0) is 24.1 Å². The predicted molar refractivity (Wildman–Crippen MR) is 125 cm³/mol. The fourth-order valence-corrected chi connectivity index (χ4v) is 6.49. The number of ether oxygens (including phenoxy) is 1. The average molecular weight is 550 g/mol. The van der Waals surface area contributed by atoms with E-state index in [4.69, 9.17) is 30.6 Å². The summed E-state index contributed by atoms with van der Waals surface area (Å²) in [6.07, 6.45) is -2.51. The summed E-state index contributed by atoms with van der Waals surface area (Å²) in [5.74, 6) is -0.984. The molecule has 1 aliphatic rings. The number of imidazole rings is 1. The Hall–Kier alpha value is -1.95. The van der Waals surface area contributed by atoms with Gasteiger partial charge in [-0.25, -0.2) is 9.37 Å². The van der Waals surface area contributed by atoms with Crippen molar-refractivity contribution in [3.05, 3.63) is 47.0 Å². The summed E-state index contributed by atoms with van der Waals surface area (Å²) >= 11 is 6.10. The molecule has 1 saturated heterocycles. The van der Waals surface area contributed by atoms with E-state index in [1.165, 1.54) is 10.9 Å². The number of benzene rings is 1. The predicted octanol–water partition coefficient (Wildman–Crippen LogP) is 3.36. The summed E-state index contributed by atoms with van der Waals surface area (Å²) in [6.45, 7) is 1.89. The summed E-state index contributed by atoms with van der Waals surface area (Å²) in [5, 5.41) is 3.08. The van der Waals surface area contributed by atoms with E-state index in [0.29, 0.717) is 17.9 Å². The molecule has 4 N–H and O–H groups in total. The second-order valence-electron chi connectivity index (χ2n) is 8.15. The lowest BCUT2D eigenvalue weighted by atomic mass is 10.1. The van der Waals surface area contributed by atoms with Crippen LogP contribution in [0.25, 0.3) is 11.2 Å². The smallest absolute Gasteiger partial charge is 0.340 e. The Morgan fingerprint density at radius 2 is 2.09 bits per heavy atom. The van der Waals surface area contributed by atoms with Gasteiger partial charge >= 0.3 is 15.2 Å². The molecule has 1 aromatic carbocycles. The van der Waals surface area contributed by atoms with Crippen LogP contribution in [0.4, 0.5) is 10.2 Å². The molecule has 3 aromatic rings. The summed E-state index contributed by atoms with van der Waals surface area (Å²) in [5.41, 5.74) is 2.68. The lowest BCUT2D eigenvalue weighted by molar-refractivity contribution is -0.0324. The van der Waals surface area contributed by atoms with E-state index < -0.39 is 46.2 Å². The van der Waals surface area contributed by atoms with Gasteiger partial charge in [-0.2, -0.15) is 9.97 Å². The first-order chi connectivity index (χ1) is 16.4. The lowest BCUT2D eigenvalue weighted by Gasteiger charge is -2.18. The van der Waals surface area contributed by atoms with Crippen LogP contribution in [-0.4, -0.2) is 59.0 Å². The summed E-state index contributed by atoms with van der Waals surface area (Å²) in [4.78, 5) is 40.0. The van der Waals surface area contributed by atoms with Crippen molar-refractivity contribution in [1.82, 2.24) is 19.5 Å². The van der Waals surface area contributed by atoms with Crippen LogP contribution in [0, 0.1) is 6.92 Å². The van der Waals surface area contributed by atoms with E-state index in [2.05, 4.69) is 20.3 Å². The van der Waals surface area contributed by atoms with Crippen molar-refractivity contribution in [3.63, 3.8) is 0 Å². The van der Waals surface area contributed by atoms with Crippen molar-refractivity contribution in [3.8, 4) is 0 Å². The van der Waals surface area contributed by atoms with Gasteiger partial charge in [0.2, 0.25) is 5.28 Å². The van der Waals surface area contributed by atoms with Crippen molar-refractivity contribution in [2.24, 2.45) is 0 Å². The van der Waals surface area contributed by atoms with Crippen LogP contribution in [0.15, 0.2) is 30.6 Å². The number of hydrogen-bond donors (Lipinski definition) is 4. The molecule has 0 saturated carbocycles. The van der Waals surface area contributed by atoms with Gasteiger partial charge in [-0.1, -0.05) is 29.8 Å². The van der Waals surface area contributed by atoms with Crippen LogP contribution in [0.1, 0.15) is 23.8 Å². The standard InChI is InChI=1S/C19H23ClFN5O7P2/c1-11-3-2-4-12(5-11)7-22-16-15-17(25-19(20)24-16)26(9-23-15)18-14(21)6-13(33-18)8-32-35(30,31)10-34(27,28)29/h2-5,9,13-14,18H,6-8,10H2,1H3,(H,30,31)(H,22,24,25)(H2,27,28,29)/t13-,14-,18+/m0/s1. The van der Waals surface area contributed by atoms with E-state index in [1.54, 1.807) is 0 Å². The number of halogens is 2. The van der Waals surface area contributed by atoms with E-state index in [-0.39, 0.29) is 17.4 Å². The molecule has 190 valence electrons. The van der Waals surface area contributed by atoms with Crippen molar-refractivity contribution < 1.29 is 37.5 Å². The number of rotatable bonds is 9. The van der Waals surface area contributed by atoms with Crippen LogP contribution >= 0.6 is 26.8 Å². The van der Waals surface area contributed by atoms with Gasteiger partial charge in [0.1, 0.15) is 6.17 Å². The molecular formula is C19H23ClFN5O7P2. The number of fused-ring (bicyclic) bond motifs is 1. The molecular weight excluding hydrogens is 527 g/mol. The molecule has 1 aliphatic heterocycles. The van der Waals surface area contributed by atoms with Crippen molar-refractivity contribution in [2.75, 3.05) is 17.8 Å². The van der Waals surface area contributed by atoms with E-state index >= 15 is 0 Å². The fraction of sp³-hybridized carbons (Fsp3) is 0.421. The maximum Gasteiger partial charge on any atom is 0.340 e. The molecule has 12 nitrogen and oxygen atoms in total. The first-order valence-electron chi connectivity index (χ1n) is 10.4. The molecule has 0 amide bonds. The Balaban J connectivity index is 1.49. The Morgan fingerprint density at radius 1 is 1.31 bits per heavy atom. The minimum absolute atomic E-state index is 0.0852. The first kappa shape index (κ1) is 26.1. The second-order valence-corrected chi connectivity index (χ2v) is 12.5. The third-order valence-electron chi connectivity index (χ3n) is 5.17. The number of anilines is 1. The number of alkyl halides is 1. The maximum absolute atomic E-state index is 14.9. The molecule has 0 bridgehead atoms.